The first-order valence-corrected chi connectivity index (χ1v) is 9.77. The summed E-state index contributed by atoms with van der Waals surface area (Å²) in [5.74, 6) is 0.554. The van der Waals surface area contributed by atoms with Crippen LogP contribution in [0.1, 0.15) is 69.7 Å². The average molecular weight is 357 g/mol. The number of hydrogen-bond acceptors (Lipinski definition) is 5. The highest BCUT2D eigenvalue weighted by atomic mass is 16.7. The van der Waals surface area contributed by atoms with E-state index >= 15 is 0 Å². The first-order valence-electron chi connectivity index (χ1n) is 9.77. The van der Waals surface area contributed by atoms with Crippen LogP contribution in [0.3, 0.4) is 0 Å². The van der Waals surface area contributed by atoms with E-state index in [0.717, 1.165) is 37.9 Å². The lowest BCUT2D eigenvalue weighted by atomic mass is 10.0. The van der Waals surface area contributed by atoms with Crippen LogP contribution in [0.4, 0.5) is 0 Å². The van der Waals surface area contributed by atoms with E-state index in [0.29, 0.717) is 5.90 Å². The molecule has 1 heterocycles. The van der Waals surface area contributed by atoms with Crippen molar-refractivity contribution >= 4 is 5.90 Å². The fourth-order valence-corrected chi connectivity index (χ4v) is 2.99. The molecular weight excluding hydrogens is 326 g/mol. The number of benzene rings is 1. The normalized spacial score (nSPS) is 19.6. The molecule has 0 bridgehead atoms. The van der Waals surface area contributed by atoms with Crippen LogP contribution >= 0.6 is 0 Å². The van der Waals surface area contributed by atoms with Crippen LogP contribution in [0.5, 0.6) is 0 Å². The lowest BCUT2D eigenvalue weighted by Crippen LogP contribution is -2.19. The number of rotatable bonds is 9. The van der Waals surface area contributed by atoms with Crippen LogP contribution in [0.25, 0.3) is 0 Å². The fourth-order valence-electron chi connectivity index (χ4n) is 2.99. The molecule has 1 aliphatic heterocycles. The molecule has 142 valence electrons. The number of hydroxylamine groups is 1. The molecule has 1 aliphatic carbocycles. The van der Waals surface area contributed by atoms with Gasteiger partial charge in [0.2, 0.25) is 5.90 Å². The highest BCUT2D eigenvalue weighted by Gasteiger charge is 2.52. The summed E-state index contributed by atoms with van der Waals surface area (Å²) >= 11 is 0. The Hall–Kier alpha value is -1.90. The minimum atomic E-state index is -0.471. The van der Waals surface area contributed by atoms with Crippen molar-refractivity contribution in [3.8, 4) is 6.07 Å². The molecule has 5 nitrogen and oxygen atoms in total. The zero-order valence-electron chi connectivity index (χ0n) is 16.3. The van der Waals surface area contributed by atoms with Gasteiger partial charge in [-0.05, 0) is 43.2 Å². The van der Waals surface area contributed by atoms with Crippen molar-refractivity contribution in [1.29, 1.82) is 5.26 Å². The number of nitrogens with one attached hydrogen (secondary N) is 1. The lowest BCUT2D eigenvalue weighted by Gasteiger charge is -2.09. The smallest absolute Gasteiger partial charge is 0.231 e. The Kier molecular flexibility index (Phi) is 8.08. The predicted octanol–water partition coefficient (Wildman–Crippen LogP) is 4.70. The average Bonchev–Trinajstić information content (AvgIpc) is 3.34. The van der Waals surface area contributed by atoms with Gasteiger partial charge >= 0.3 is 0 Å². The van der Waals surface area contributed by atoms with Crippen molar-refractivity contribution < 1.29 is 9.57 Å². The summed E-state index contributed by atoms with van der Waals surface area (Å²) < 4.78 is 5.07. The molecule has 0 amide bonds. The number of nitriles is 1. The van der Waals surface area contributed by atoms with Crippen LogP contribution in [0, 0.1) is 16.7 Å². The Bertz CT molecular complexity index is 632. The summed E-state index contributed by atoms with van der Waals surface area (Å²) in [7, 11) is 1.75. The van der Waals surface area contributed by atoms with E-state index in [1.807, 2.05) is 13.8 Å². The van der Waals surface area contributed by atoms with Crippen LogP contribution < -0.4 is 5.48 Å². The van der Waals surface area contributed by atoms with Crippen molar-refractivity contribution in [3.63, 3.8) is 0 Å². The molecule has 3 rings (SSSR count). The van der Waals surface area contributed by atoms with Crippen molar-refractivity contribution in [3.05, 3.63) is 35.4 Å². The zero-order chi connectivity index (χ0) is 18.8. The summed E-state index contributed by atoms with van der Waals surface area (Å²) in [4.78, 5) is 10.1. The number of ether oxygens (including phenoxy) is 1. The third-order valence-corrected chi connectivity index (χ3v) is 4.72. The summed E-state index contributed by atoms with van der Waals surface area (Å²) in [5.41, 5.74) is 4.90. The molecule has 2 aliphatic rings. The second-order valence-corrected chi connectivity index (χ2v) is 6.65. The number of hydrogen-bond donors (Lipinski definition) is 1. The molecule has 26 heavy (non-hydrogen) atoms. The topological polar surface area (TPSA) is 66.6 Å². The highest BCUT2D eigenvalue weighted by molar-refractivity contribution is 5.89. The fraction of sp³-hybridized carbons (Fsp3) is 0.619. The SMILES string of the molecule is CC.COCCCCCCc1cccc(C2N=C(C3(C#N)CC3)ON2)c1. The van der Waals surface area contributed by atoms with Crippen LogP contribution in [-0.2, 0) is 16.0 Å². The van der Waals surface area contributed by atoms with Crippen LogP contribution in [0.2, 0.25) is 0 Å². The second-order valence-electron chi connectivity index (χ2n) is 6.65. The summed E-state index contributed by atoms with van der Waals surface area (Å²) in [6, 6.07) is 10.8. The molecular formula is C21H31N3O2. The Balaban J connectivity index is 0.00000117. The van der Waals surface area contributed by atoms with Gasteiger partial charge < -0.3 is 9.57 Å². The lowest BCUT2D eigenvalue weighted by molar-refractivity contribution is 0.170. The van der Waals surface area contributed by atoms with E-state index in [2.05, 4.69) is 40.8 Å². The first kappa shape index (κ1) is 20.4. The van der Waals surface area contributed by atoms with Crippen LogP contribution in [-0.4, -0.2) is 19.6 Å². The van der Waals surface area contributed by atoms with E-state index in [4.69, 9.17) is 9.57 Å². The van der Waals surface area contributed by atoms with E-state index in [9.17, 15) is 5.26 Å². The molecule has 0 spiro atoms. The zero-order valence-corrected chi connectivity index (χ0v) is 16.3. The van der Waals surface area contributed by atoms with Gasteiger partial charge in [0.05, 0.1) is 6.07 Å². The molecule has 0 aromatic heterocycles. The molecule has 1 fully saturated rings. The van der Waals surface area contributed by atoms with Gasteiger partial charge in [0.1, 0.15) is 5.41 Å². The molecule has 0 saturated heterocycles. The van der Waals surface area contributed by atoms with Gasteiger partial charge in [-0.15, -0.1) is 5.48 Å². The molecule has 5 heteroatoms. The van der Waals surface area contributed by atoms with Crippen molar-refractivity contribution in [2.24, 2.45) is 10.4 Å². The van der Waals surface area contributed by atoms with Crippen molar-refractivity contribution in [1.82, 2.24) is 5.48 Å². The van der Waals surface area contributed by atoms with Gasteiger partial charge in [-0.25, -0.2) is 4.99 Å². The van der Waals surface area contributed by atoms with E-state index in [1.165, 1.54) is 24.8 Å². The number of aryl methyl sites for hydroxylation is 1. The minimum Gasteiger partial charge on any atom is -0.389 e. The van der Waals surface area contributed by atoms with E-state index in [1.54, 1.807) is 7.11 Å². The number of unbranched alkanes of at least 4 members (excludes halogenated alkanes) is 3. The monoisotopic (exact) mass is 357 g/mol. The van der Waals surface area contributed by atoms with Gasteiger partial charge in [0.25, 0.3) is 0 Å². The molecule has 1 aromatic carbocycles. The first-order chi connectivity index (χ1) is 12.8. The molecule has 0 radical (unpaired) electrons. The second kappa shape index (κ2) is 10.3. The maximum absolute atomic E-state index is 9.25. The van der Waals surface area contributed by atoms with Gasteiger partial charge in [0.15, 0.2) is 6.17 Å². The summed E-state index contributed by atoms with van der Waals surface area (Å²) in [6.45, 7) is 4.85. The molecule has 1 aromatic rings. The highest BCUT2D eigenvalue weighted by Crippen LogP contribution is 2.48. The largest absolute Gasteiger partial charge is 0.389 e. The number of aliphatic imine (C=N–C) groups is 1. The number of methoxy groups -OCH3 is 1. The summed E-state index contributed by atoms with van der Waals surface area (Å²) in [6.07, 6.45) is 7.34. The standard InChI is InChI=1S/C19H25N3O2.C2H6/c1-23-12-5-3-2-4-7-15-8-6-9-16(13-15)17-21-18(24-22-17)19(14-20)10-11-19;1-2/h6,8-9,13,17,22H,2-5,7,10-12H2,1H3;1-2H3. The Labute approximate surface area is 157 Å². The Morgan fingerprint density at radius 2 is 2.04 bits per heavy atom. The van der Waals surface area contributed by atoms with Gasteiger partial charge in [-0.1, -0.05) is 51.0 Å². The van der Waals surface area contributed by atoms with Crippen molar-refractivity contribution in [2.45, 2.75) is 65.0 Å². The third-order valence-electron chi connectivity index (χ3n) is 4.72. The molecule has 1 N–H and O–H groups in total. The summed E-state index contributed by atoms with van der Waals surface area (Å²) in [5, 5.41) is 9.25. The van der Waals surface area contributed by atoms with Gasteiger partial charge in [-0.2, -0.15) is 5.26 Å². The van der Waals surface area contributed by atoms with E-state index in [-0.39, 0.29) is 6.17 Å². The van der Waals surface area contributed by atoms with Gasteiger partial charge in [-0.3, -0.25) is 0 Å². The van der Waals surface area contributed by atoms with Crippen molar-refractivity contribution in [2.75, 3.05) is 13.7 Å². The quantitative estimate of drug-likeness (QED) is 0.651. The Morgan fingerprint density at radius 1 is 1.27 bits per heavy atom. The maximum atomic E-state index is 9.25. The molecule has 1 unspecified atom stereocenters. The predicted molar refractivity (Wildman–Crippen MR) is 104 cm³/mol. The number of nitrogens with zero attached hydrogens (tertiary/aromatic N) is 2. The third kappa shape index (κ3) is 5.30. The van der Waals surface area contributed by atoms with E-state index < -0.39 is 5.41 Å². The molecule has 1 saturated carbocycles. The Morgan fingerprint density at radius 3 is 2.73 bits per heavy atom. The van der Waals surface area contributed by atoms with Crippen LogP contribution in [0.15, 0.2) is 29.3 Å². The van der Waals surface area contributed by atoms with Gasteiger partial charge in [0, 0.05) is 13.7 Å². The molecule has 1 atom stereocenters. The maximum Gasteiger partial charge on any atom is 0.231 e. The minimum absolute atomic E-state index is 0.201.